The number of aromatic nitrogens is 4. The van der Waals surface area contributed by atoms with Crippen LogP contribution in [-0.2, 0) is 11.3 Å². The molecule has 2 aromatic carbocycles. The summed E-state index contributed by atoms with van der Waals surface area (Å²) in [6.07, 6.45) is 3.88. The number of hydrogen-bond acceptors (Lipinski definition) is 4. The van der Waals surface area contributed by atoms with Crippen molar-refractivity contribution < 1.29 is 4.79 Å². The van der Waals surface area contributed by atoms with E-state index in [9.17, 15) is 4.79 Å². The van der Waals surface area contributed by atoms with E-state index in [0.29, 0.717) is 11.7 Å². The van der Waals surface area contributed by atoms with Crippen molar-refractivity contribution >= 4 is 23.4 Å². The van der Waals surface area contributed by atoms with Crippen LogP contribution in [0.15, 0.2) is 78.2 Å². The Balaban J connectivity index is 1.52. The van der Waals surface area contributed by atoms with Gasteiger partial charge in [-0.25, -0.2) is 0 Å². The first-order valence-electron chi connectivity index (χ1n) is 9.71. The van der Waals surface area contributed by atoms with Gasteiger partial charge in [-0.1, -0.05) is 54.2 Å². The molecule has 0 radical (unpaired) electrons. The third kappa shape index (κ3) is 4.46. The van der Waals surface area contributed by atoms with Gasteiger partial charge in [0.25, 0.3) is 0 Å². The maximum atomic E-state index is 12.6. The molecular formula is C23H23N5OS. The quantitative estimate of drug-likeness (QED) is 0.451. The first-order valence-corrected chi connectivity index (χ1v) is 10.7. The third-order valence-corrected chi connectivity index (χ3v) is 5.89. The van der Waals surface area contributed by atoms with Crippen molar-refractivity contribution in [3.8, 4) is 5.95 Å². The second-order valence-electron chi connectivity index (χ2n) is 7.03. The Morgan fingerprint density at radius 1 is 0.967 bits per heavy atom. The molecule has 0 fully saturated rings. The summed E-state index contributed by atoms with van der Waals surface area (Å²) in [4.78, 5) is 12.6. The van der Waals surface area contributed by atoms with Crippen LogP contribution in [0.3, 0.4) is 0 Å². The number of thioether (sulfide) groups is 1. The van der Waals surface area contributed by atoms with Crippen LogP contribution in [0.2, 0.25) is 0 Å². The summed E-state index contributed by atoms with van der Waals surface area (Å²) in [6.45, 7) is 4.68. The second kappa shape index (κ2) is 9.00. The predicted molar refractivity (Wildman–Crippen MR) is 120 cm³/mol. The smallest absolute Gasteiger partial charge is 0.236 e. The Hall–Kier alpha value is -3.32. The fourth-order valence-corrected chi connectivity index (χ4v) is 3.89. The van der Waals surface area contributed by atoms with E-state index < -0.39 is 0 Å². The Morgan fingerprint density at radius 2 is 1.73 bits per heavy atom. The van der Waals surface area contributed by atoms with E-state index in [1.165, 1.54) is 11.8 Å². The predicted octanol–water partition coefficient (Wildman–Crippen LogP) is 4.46. The largest absolute Gasteiger partial charge is 0.325 e. The summed E-state index contributed by atoms with van der Waals surface area (Å²) >= 11 is 1.39. The van der Waals surface area contributed by atoms with Crippen LogP contribution in [0.1, 0.15) is 16.7 Å². The van der Waals surface area contributed by atoms with E-state index in [4.69, 9.17) is 0 Å². The van der Waals surface area contributed by atoms with Gasteiger partial charge in [0.05, 0.1) is 12.3 Å². The molecule has 0 aliphatic rings. The van der Waals surface area contributed by atoms with Crippen LogP contribution >= 0.6 is 11.8 Å². The van der Waals surface area contributed by atoms with E-state index in [1.807, 2.05) is 83.9 Å². The van der Waals surface area contributed by atoms with Crippen molar-refractivity contribution in [2.45, 2.75) is 25.5 Å². The number of hydrogen-bond donors (Lipinski definition) is 1. The summed E-state index contributed by atoms with van der Waals surface area (Å²) in [7, 11) is 0. The number of aryl methyl sites for hydroxylation is 1. The Morgan fingerprint density at radius 3 is 2.50 bits per heavy atom. The molecule has 0 spiro atoms. The lowest BCUT2D eigenvalue weighted by atomic mass is 10.1. The van der Waals surface area contributed by atoms with Crippen LogP contribution < -0.4 is 5.32 Å². The number of anilines is 1. The van der Waals surface area contributed by atoms with Gasteiger partial charge in [0.2, 0.25) is 11.9 Å². The molecule has 0 saturated carbocycles. The molecule has 0 atom stereocenters. The number of carbonyl (C=O) groups is 1. The van der Waals surface area contributed by atoms with Crippen molar-refractivity contribution in [3.05, 3.63) is 89.7 Å². The Kier molecular flexibility index (Phi) is 5.99. The van der Waals surface area contributed by atoms with Gasteiger partial charge in [-0.15, -0.1) is 10.2 Å². The molecule has 0 aliphatic heterocycles. The molecule has 30 heavy (non-hydrogen) atoms. The number of rotatable bonds is 7. The topological polar surface area (TPSA) is 64.7 Å². The zero-order valence-corrected chi connectivity index (χ0v) is 17.8. The van der Waals surface area contributed by atoms with Gasteiger partial charge < -0.3 is 5.32 Å². The number of nitrogens with one attached hydrogen (secondary N) is 1. The van der Waals surface area contributed by atoms with Gasteiger partial charge in [0.1, 0.15) is 0 Å². The fraction of sp³-hybridized carbons (Fsp3) is 0.174. The summed E-state index contributed by atoms with van der Waals surface area (Å²) < 4.78 is 3.96. The average molecular weight is 418 g/mol. The van der Waals surface area contributed by atoms with Crippen LogP contribution in [-0.4, -0.2) is 31.0 Å². The minimum atomic E-state index is -0.0644. The minimum absolute atomic E-state index is 0.0644. The molecule has 2 heterocycles. The van der Waals surface area contributed by atoms with Crippen molar-refractivity contribution in [1.29, 1.82) is 0 Å². The fourth-order valence-electron chi connectivity index (χ4n) is 3.15. The number of benzene rings is 2. The van der Waals surface area contributed by atoms with E-state index in [2.05, 4.69) is 27.6 Å². The van der Waals surface area contributed by atoms with Crippen LogP contribution in [0.4, 0.5) is 5.69 Å². The molecule has 0 unspecified atom stereocenters. The first kappa shape index (κ1) is 20.0. The van der Waals surface area contributed by atoms with E-state index in [1.54, 1.807) is 0 Å². The summed E-state index contributed by atoms with van der Waals surface area (Å²) in [5, 5.41) is 12.4. The maximum Gasteiger partial charge on any atom is 0.236 e. The highest BCUT2D eigenvalue weighted by atomic mass is 32.2. The highest BCUT2D eigenvalue weighted by Gasteiger charge is 2.16. The third-order valence-electron chi connectivity index (χ3n) is 4.93. The number of nitrogens with zero attached hydrogens (tertiary/aromatic N) is 4. The van der Waals surface area contributed by atoms with Gasteiger partial charge in [-0.05, 0) is 48.7 Å². The van der Waals surface area contributed by atoms with Crippen molar-refractivity contribution in [3.63, 3.8) is 0 Å². The van der Waals surface area contributed by atoms with Crippen LogP contribution in [0.25, 0.3) is 5.95 Å². The highest BCUT2D eigenvalue weighted by Crippen LogP contribution is 2.22. The molecule has 2 aromatic heterocycles. The molecular weight excluding hydrogens is 394 g/mol. The molecule has 0 saturated heterocycles. The van der Waals surface area contributed by atoms with Gasteiger partial charge >= 0.3 is 0 Å². The van der Waals surface area contributed by atoms with Crippen molar-refractivity contribution in [2.24, 2.45) is 0 Å². The molecule has 152 valence electrons. The van der Waals surface area contributed by atoms with Gasteiger partial charge in [-0.3, -0.25) is 13.9 Å². The monoisotopic (exact) mass is 417 g/mol. The van der Waals surface area contributed by atoms with Gasteiger partial charge in [0.15, 0.2) is 5.16 Å². The van der Waals surface area contributed by atoms with Crippen molar-refractivity contribution in [1.82, 2.24) is 19.3 Å². The molecule has 4 aromatic rings. The summed E-state index contributed by atoms with van der Waals surface area (Å²) in [5.74, 6) is 0.915. The average Bonchev–Trinajstić information content (AvgIpc) is 3.41. The van der Waals surface area contributed by atoms with Crippen molar-refractivity contribution in [2.75, 3.05) is 11.1 Å². The number of carbonyl (C=O) groups excluding carboxylic acids is 1. The van der Waals surface area contributed by atoms with Gasteiger partial charge in [0, 0.05) is 18.1 Å². The second-order valence-corrected chi connectivity index (χ2v) is 7.97. The SMILES string of the molecule is Cc1cccc(NC(=O)CSc2nnc(-n3cccc3)n2Cc2ccccc2)c1C. The van der Waals surface area contributed by atoms with E-state index in [-0.39, 0.29) is 11.7 Å². The molecule has 1 amide bonds. The summed E-state index contributed by atoms with van der Waals surface area (Å²) in [5.41, 5.74) is 4.23. The lowest BCUT2D eigenvalue weighted by Crippen LogP contribution is -2.16. The molecule has 0 bridgehead atoms. The zero-order chi connectivity index (χ0) is 20.9. The number of amides is 1. The minimum Gasteiger partial charge on any atom is -0.325 e. The summed E-state index contributed by atoms with van der Waals surface area (Å²) in [6, 6.07) is 20.0. The zero-order valence-electron chi connectivity index (χ0n) is 16.9. The van der Waals surface area contributed by atoms with Gasteiger partial charge in [-0.2, -0.15) is 0 Å². The van der Waals surface area contributed by atoms with E-state index in [0.717, 1.165) is 28.3 Å². The lowest BCUT2D eigenvalue weighted by Gasteiger charge is -2.12. The standard InChI is InChI=1S/C23H23N5OS/c1-17-9-8-12-20(18(17)2)24-21(29)16-30-23-26-25-22(27-13-6-7-14-27)28(23)15-19-10-4-3-5-11-19/h3-14H,15-16H2,1-2H3,(H,24,29). The molecule has 7 heteroatoms. The van der Waals surface area contributed by atoms with Crippen LogP contribution in [0.5, 0.6) is 0 Å². The normalized spacial score (nSPS) is 10.9. The van der Waals surface area contributed by atoms with Crippen LogP contribution in [0, 0.1) is 13.8 Å². The molecule has 1 N–H and O–H groups in total. The van der Waals surface area contributed by atoms with E-state index >= 15 is 0 Å². The first-order chi connectivity index (χ1) is 14.6. The lowest BCUT2D eigenvalue weighted by molar-refractivity contribution is -0.113. The molecule has 6 nitrogen and oxygen atoms in total. The molecule has 0 aliphatic carbocycles. The maximum absolute atomic E-state index is 12.6. The molecule has 4 rings (SSSR count). The Labute approximate surface area is 180 Å². The Bertz CT molecular complexity index is 1140. The highest BCUT2D eigenvalue weighted by molar-refractivity contribution is 7.99.